The standard InChI is InChI=1S/C10H16O3/c1-4-6-8(3)10(12)13-7-9(11)5-2/h7,11H,3-6H2,1-2H3. The van der Waals surface area contributed by atoms with Crippen molar-refractivity contribution in [2.75, 3.05) is 0 Å². The van der Waals surface area contributed by atoms with E-state index in [4.69, 9.17) is 5.11 Å². The summed E-state index contributed by atoms with van der Waals surface area (Å²) in [5.74, 6) is -0.417. The zero-order valence-electron chi connectivity index (χ0n) is 8.17. The Kier molecular flexibility index (Phi) is 5.68. The van der Waals surface area contributed by atoms with Crippen LogP contribution in [0.1, 0.15) is 33.1 Å². The van der Waals surface area contributed by atoms with Gasteiger partial charge < -0.3 is 9.84 Å². The molecule has 0 aliphatic carbocycles. The SMILES string of the molecule is C=C(CCC)C(=O)OC=C(O)CC. The smallest absolute Gasteiger partial charge is 0.338 e. The predicted molar refractivity (Wildman–Crippen MR) is 51.1 cm³/mol. The maximum Gasteiger partial charge on any atom is 0.338 e. The third-order valence-corrected chi connectivity index (χ3v) is 1.50. The molecular weight excluding hydrogens is 168 g/mol. The Labute approximate surface area is 78.7 Å². The fraction of sp³-hybridized carbons (Fsp3) is 0.500. The first-order chi connectivity index (χ1) is 6.11. The van der Waals surface area contributed by atoms with Gasteiger partial charge in [0.05, 0.1) is 0 Å². The van der Waals surface area contributed by atoms with E-state index in [-0.39, 0.29) is 5.76 Å². The van der Waals surface area contributed by atoms with Gasteiger partial charge in [-0.3, -0.25) is 0 Å². The van der Waals surface area contributed by atoms with E-state index in [1.54, 1.807) is 6.92 Å². The van der Waals surface area contributed by atoms with Crippen LogP contribution >= 0.6 is 0 Å². The van der Waals surface area contributed by atoms with Crippen molar-refractivity contribution in [3.8, 4) is 0 Å². The molecule has 0 aromatic rings. The van der Waals surface area contributed by atoms with Crippen molar-refractivity contribution in [2.45, 2.75) is 33.1 Å². The van der Waals surface area contributed by atoms with Gasteiger partial charge in [0.1, 0.15) is 12.0 Å². The van der Waals surface area contributed by atoms with Crippen molar-refractivity contribution in [1.29, 1.82) is 0 Å². The van der Waals surface area contributed by atoms with Crippen LogP contribution in [-0.2, 0) is 9.53 Å². The number of hydrogen-bond acceptors (Lipinski definition) is 3. The first kappa shape index (κ1) is 11.8. The Hall–Kier alpha value is -1.25. The quantitative estimate of drug-likeness (QED) is 0.406. The van der Waals surface area contributed by atoms with E-state index in [2.05, 4.69) is 11.3 Å². The summed E-state index contributed by atoms with van der Waals surface area (Å²) < 4.78 is 4.66. The molecule has 0 rings (SSSR count). The van der Waals surface area contributed by atoms with Crippen LogP contribution < -0.4 is 0 Å². The third kappa shape index (κ3) is 5.06. The van der Waals surface area contributed by atoms with Crippen molar-refractivity contribution in [2.24, 2.45) is 0 Å². The van der Waals surface area contributed by atoms with E-state index >= 15 is 0 Å². The second kappa shape index (κ2) is 6.29. The number of hydrogen-bond donors (Lipinski definition) is 1. The molecule has 0 bridgehead atoms. The fourth-order valence-corrected chi connectivity index (χ4v) is 0.692. The fourth-order valence-electron chi connectivity index (χ4n) is 0.692. The second-order valence-corrected chi connectivity index (χ2v) is 2.72. The summed E-state index contributed by atoms with van der Waals surface area (Å²) in [7, 11) is 0. The lowest BCUT2D eigenvalue weighted by atomic mass is 10.2. The van der Waals surface area contributed by atoms with Gasteiger partial charge in [-0.25, -0.2) is 4.79 Å². The van der Waals surface area contributed by atoms with Crippen molar-refractivity contribution in [3.63, 3.8) is 0 Å². The highest BCUT2D eigenvalue weighted by Gasteiger charge is 2.05. The lowest BCUT2D eigenvalue weighted by Crippen LogP contribution is -2.03. The minimum Gasteiger partial charge on any atom is -0.509 e. The number of allylic oxidation sites excluding steroid dienone is 1. The van der Waals surface area contributed by atoms with E-state index in [9.17, 15) is 4.79 Å². The molecule has 3 heteroatoms. The van der Waals surface area contributed by atoms with E-state index in [0.29, 0.717) is 18.4 Å². The molecule has 0 spiro atoms. The second-order valence-electron chi connectivity index (χ2n) is 2.72. The maximum absolute atomic E-state index is 11.1. The highest BCUT2D eigenvalue weighted by Crippen LogP contribution is 2.05. The summed E-state index contributed by atoms with van der Waals surface area (Å²) in [4.78, 5) is 11.1. The minimum absolute atomic E-state index is 0.0534. The Morgan fingerprint density at radius 3 is 2.62 bits per heavy atom. The van der Waals surface area contributed by atoms with Gasteiger partial charge in [0.15, 0.2) is 0 Å². The molecule has 0 aromatic carbocycles. The first-order valence-electron chi connectivity index (χ1n) is 4.38. The van der Waals surface area contributed by atoms with Crippen LogP contribution in [0.3, 0.4) is 0 Å². The minimum atomic E-state index is -0.471. The number of rotatable bonds is 5. The lowest BCUT2D eigenvalue weighted by molar-refractivity contribution is -0.134. The Morgan fingerprint density at radius 2 is 2.15 bits per heavy atom. The zero-order valence-corrected chi connectivity index (χ0v) is 8.17. The Morgan fingerprint density at radius 1 is 1.54 bits per heavy atom. The van der Waals surface area contributed by atoms with Crippen LogP contribution in [0.4, 0.5) is 0 Å². The zero-order chi connectivity index (χ0) is 10.3. The number of carbonyl (C=O) groups is 1. The highest BCUT2D eigenvalue weighted by atomic mass is 16.5. The average Bonchev–Trinajstić information content (AvgIpc) is 2.13. The molecule has 0 amide bonds. The third-order valence-electron chi connectivity index (χ3n) is 1.50. The molecule has 13 heavy (non-hydrogen) atoms. The van der Waals surface area contributed by atoms with Crippen LogP contribution in [0.2, 0.25) is 0 Å². The molecule has 0 aliphatic heterocycles. The number of esters is 1. The highest BCUT2D eigenvalue weighted by molar-refractivity contribution is 5.88. The summed E-state index contributed by atoms with van der Waals surface area (Å²) in [5.41, 5.74) is 0.433. The van der Waals surface area contributed by atoms with Gasteiger partial charge in [-0.2, -0.15) is 0 Å². The topological polar surface area (TPSA) is 46.5 Å². The molecule has 0 aliphatic rings. The molecule has 0 radical (unpaired) electrons. The molecule has 0 saturated heterocycles. The van der Waals surface area contributed by atoms with Crippen molar-refractivity contribution in [3.05, 3.63) is 24.2 Å². The molecule has 0 atom stereocenters. The van der Waals surface area contributed by atoms with Gasteiger partial charge in [0, 0.05) is 12.0 Å². The van der Waals surface area contributed by atoms with Gasteiger partial charge in [0.2, 0.25) is 0 Å². The molecule has 0 heterocycles. The number of carbonyl (C=O) groups excluding carboxylic acids is 1. The van der Waals surface area contributed by atoms with Gasteiger partial charge in [-0.1, -0.05) is 26.8 Å². The van der Waals surface area contributed by atoms with Crippen molar-refractivity contribution in [1.82, 2.24) is 0 Å². The summed E-state index contributed by atoms with van der Waals surface area (Å²) in [5, 5.41) is 8.97. The molecule has 3 nitrogen and oxygen atoms in total. The molecule has 0 fully saturated rings. The molecule has 74 valence electrons. The summed E-state index contributed by atoms with van der Waals surface area (Å²) in [6.07, 6.45) is 2.99. The monoisotopic (exact) mass is 184 g/mol. The van der Waals surface area contributed by atoms with E-state index in [1.807, 2.05) is 6.92 Å². The molecular formula is C10H16O3. The van der Waals surface area contributed by atoms with Crippen molar-refractivity contribution < 1.29 is 14.6 Å². The molecule has 1 N–H and O–H groups in total. The normalized spacial score (nSPS) is 11.1. The average molecular weight is 184 g/mol. The number of aliphatic hydroxyl groups excluding tert-OH is 1. The van der Waals surface area contributed by atoms with E-state index < -0.39 is 5.97 Å². The van der Waals surface area contributed by atoms with Gasteiger partial charge >= 0.3 is 5.97 Å². The van der Waals surface area contributed by atoms with Gasteiger partial charge in [-0.05, 0) is 6.42 Å². The molecule has 0 unspecified atom stereocenters. The van der Waals surface area contributed by atoms with Gasteiger partial charge in [0.25, 0.3) is 0 Å². The number of aliphatic hydroxyl groups is 1. The van der Waals surface area contributed by atoms with Crippen LogP contribution in [0, 0.1) is 0 Å². The maximum atomic E-state index is 11.1. The predicted octanol–water partition coefficient (Wildman–Crippen LogP) is 2.70. The summed E-state index contributed by atoms with van der Waals surface area (Å²) in [6.45, 7) is 7.28. The molecule has 0 aromatic heterocycles. The van der Waals surface area contributed by atoms with E-state index in [1.165, 1.54) is 0 Å². The van der Waals surface area contributed by atoms with Crippen LogP contribution in [0.15, 0.2) is 24.2 Å². The lowest BCUT2D eigenvalue weighted by Gasteiger charge is -2.01. The summed E-state index contributed by atoms with van der Waals surface area (Å²) >= 11 is 0. The Balaban J connectivity index is 3.94. The first-order valence-corrected chi connectivity index (χ1v) is 4.38. The molecule has 0 saturated carbocycles. The van der Waals surface area contributed by atoms with Crippen LogP contribution in [0.5, 0.6) is 0 Å². The van der Waals surface area contributed by atoms with Crippen LogP contribution in [-0.4, -0.2) is 11.1 Å². The Bertz CT molecular complexity index is 216. The van der Waals surface area contributed by atoms with Gasteiger partial charge in [-0.15, -0.1) is 0 Å². The summed E-state index contributed by atoms with van der Waals surface area (Å²) in [6, 6.07) is 0. The largest absolute Gasteiger partial charge is 0.509 e. The number of ether oxygens (including phenoxy) is 1. The van der Waals surface area contributed by atoms with E-state index in [0.717, 1.165) is 12.7 Å². The van der Waals surface area contributed by atoms with Crippen molar-refractivity contribution >= 4 is 5.97 Å². The van der Waals surface area contributed by atoms with Crippen LogP contribution in [0.25, 0.3) is 0 Å².